The van der Waals surface area contributed by atoms with Crippen molar-refractivity contribution in [3.63, 3.8) is 0 Å². The van der Waals surface area contributed by atoms with Crippen molar-refractivity contribution in [2.75, 3.05) is 0 Å². The normalized spacial score (nSPS) is 9.77. The lowest BCUT2D eigenvalue weighted by Crippen LogP contribution is -2.03. The highest BCUT2D eigenvalue weighted by Gasteiger charge is 2.17. The molecule has 5 heteroatoms. The Morgan fingerprint density at radius 2 is 1.77 bits per heavy atom. The molecular formula is C8H3Cl2FO2. The fraction of sp³-hybridized carbons (Fsp3) is 0. The van der Waals surface area contributed by atoms with Crippen LogP contribution in [0.4, 0.5) is 4.39 Å². The lowest BCUT2D eigenvalue weighted by molar-refractivity contribution is 0.104. The van der Waals surface area contributed by atoms with Gasteiger partial charge in [-0.05, 0) is 35.3 Å². The number of carbonyl (C=O) groups is 2. The van der Waals surface area contributed by atoms with Crippen LogP contribution >= 0.6 is 23.2 Å². The monoisotopic (exact) mass is 220 g/mol. The van der Waals surface area contributed by atoms with Crippen LogP contribution in [0.2, 0.25) is 0 Å². The highest BCUT2D eigenvalue weighted by atomic mass is 35.5. The standard InChI is InChI=1S/C8H3Cl2FO2/c9-7(12)4-2-1-3-5(11)6(4)8(10)13/h1-3H. The van der Waals surface area contributed by atoms with Crippen LogP contribution in [0.25, 0.3) is 0 Å². The summed E-state index contributed by atoms with van der Waals surface area (Å²) in [7, 11) is 0. The molecule has 0 aliphatic rings. The quantitative estimate of drug-likeness (QED) is 0.719. The molecule has 0 aliphatic carbocycles. The van der Waals surface area contributed by atoms with E-state index in [0.717, 1.165) is 6.07 Å². The Kier molecular flexibility index (Phi) is 3.01. The van der Waals surface area contributed by atoms with Crippen molar-refractivity contribution >= 4 is 33.7 Å². The zero-order chi connectivity index (χ0) is 10.0. The number of hydrogen-bond donors (Lipinski definition) is 0. The Balaban J connectivity index is 3.43. The molecule has 13 heavy (non-hydrogen) atoms. The van der Waals surface area contributed by atoms with Gasteiger partial charge in [-0.3, -0.25) is 9.59 Å². The van der Waals surface area contributed by atoms with Crippen LogP contribution in [0, 0.1) is 5.82 Å². The molecule has 0 aliphatic heterocycles. The molecule has 0 fully saturated rings. The highest BCUT2D eigenvalue weighted by Crippen LogP contribution is 2.17. The molecule has 2 nitrogen and oxygen atoms in total. The van der Waals surface area contributed by atoms with Crippen LogP contribution in [0.15, 0.2) is 18.2 Å². The molecule has 1 aromatic rings. The average Bonchev–Trinajstić information content (AvgIpc) is 2.02. The third kappa shape index (κ3) is 2.05. The third-order valence-electron chi connectivity index (χ3n) is 1.42. The summed E-state index contributed by atoms with van der Waals surface area (Å²) in [5.74, 6) is -0.855. The van der Waals surface area contributed by atoms with Crippen molar-refractivity contribution in [3.05, 3.63) is 35.1 Å². The van der Waals surface area contributed by atoms with Gasteiger partial charge in [-0.2, -0.15) is 0 Å². The molecule has 0 saturated heterocycles. The van der Waals surface area contributed by atoms with Crippen LogP contribution in [0.5, 0.6) is 0 Å². The molecule has 0 aromatic heterocycles. The second-order valence-corrected chi connectivity index (χ2v) is 2.90. The molecule has 0 saturated carbocycles. The number of hydrogen-bond acceptors (Lipinski definition) is 2. The first kappa shape index (κ1) is 10.2. The second kappa shape index (κ2) is 3.85. The van der Waals surface area contributed by atoms with Crippen LogP contribution < -0.4 is 0 Å². The lowest BCUT2D eigenvalue weighted by Gasteiger charge is -2.00. The summed E-state index contributed by atoms with van der Waals surface area (Å²) < 4.78 is 12.9. The van der Waals surface area contributed by atoms with Crippen LogP contribution in [-0.4, -0.2) is 10.5 Å². The minimum Gasteiger partial charge on any atom is -0.276 e. The molecule has 0 N–H and O–H groups in total. The molecule has 0 spiro atoms. The maximum atomic E-state index is 12.9. The SMILES string of the molecule is O=C(Cl)c1cccc(F)c1C(=O)Cl. The van der Waals surface area contributed by atoms with E-state index in [4.69, 9.17) is 23.2 Å². The van der Waals surface area contributed by atoms with Gasteiger partial charge in [0, 0.05) is 5.56 Å². The molecule has 1 rings (SSSR count). The van der Waals surface area contributed by atoms with Gasteiger partial charge in [0.1, 0.15) is 5.82 Å². The zero-order valence-electron chi connectivity index (χ0n) is 6.18. The zero-order valence-corrected chi connectivity index (χ0v) is 7.69. The van der Waals surface area contributed by atoms with E-state index in [9.17, 15) is 14.0 Å². The lowest BCUT2D eigenvalue weighted by atomic mass is 10.1. The van der Waals surface area contributed by atoms with E-state index < -0.39 is 21.9 Å². The largest absolute Gasteiger partial charge is 0.276 e. The summed E-state index contributed by atoms with van der Waals surface area (Å²) >= 11 is 10.2. The van der Waals surface area contributed by atoms with Crippen molar-refractivity contribution in [2.24, 2.45) is 0 Å². The first-order valence-corrected chi connectivity index (χ1v) is 3.98. The first-order chi connectivity index (χ1) is 6.04. The van der Waals surface area contributed by atoms with Crippen molar-refractivity contribution in [3.8, 4) is 0 Å². The highest BCUT2D eigenvalue weighted by molar-refractivity contribution is 6.72. The molecule has 1 aromatic carbocycles. The third-order valence-corrected chi connectivity index (χ3v) is 1.81. The van der Waals surface area contributed by atoms with E-state index in [1.807, 2.05) is 0 Å². The Morgan fingerprint density at radius 3 is 2.15 bits per heavy atom. The van der Waals surface area contributed by atoms with Gasteiger partial charge in [0.2, 0.25) is 0 Å². The Labute approximate surface area is 83.3 Å². The van der Waals surface area contributed by atoms with E-state index in [2.05, 4.69) is 0 Å². The topological polar surface area (TPSA) is 34.1 Å². The van der Waals surface area contributed by atoms with Gasteiger partial charge in [-0.1, -0.05) is 6.07 Å². The van der Waals surface area contributed by atoms with Gasteiger partial charge in [0.25, 0.3) is 10.5 Å². The average molecular weight is 221 g/mol. The molecule has 0 unspecified atom stereocenters. The summed E-state index contributed by atoms with van der Waals surface area (Å²) in [6.07, 6.45) is 0. The summed E-state index contributed by atoms with van der Waals surface area (Å²) in [5.41, 5.74) is -0.703. The summed E-state index contributed by atoms with van der Waals surface area (Å²) in [6.45, 7) is 0. The summed E-state index contributed by atoms with van der Waals surface area (Å²) in [5, 5.41) is -1.95. The molecule has 0 atom stereocenters. The van der Waals surface area contributed by atoms with Gasteiger partial charge in [-0.15, -0.1) is 0 Å². The molecule has 0 bridgehead atoms. The molecule has 68 valence electrons. The van der Waals surface area contributed by atoms with Crippen molar-refractivity contribution in [1.29, 1.82) is 0 Å². The maximum Gasteiger partial charge on any atom is 0.256 e. The number of carbonyl (C=O) groups excluding carboxylic acids is 2. The Morgan fingerprint density at radius 1 is 1.15 bits per heavy atom. The van der Waals surface area contributed by atoms with Gasteiger partial charge in [0.15, 0.2) is 0 Å². The molecule has 0 radical (unpaired) electrons. The predicted molar refractivity (Wildman–Crippen MR) is 46.8 cm³/mol. The van der Waals surface area contributed by atoms with Crippen LogP contribution in [0.3, 0.4) is 0 Å². The first-order valence-electron chi connectivity index (χ1n) is 3.22. The van der Waals surface area contributed by atoms with Crippen LogP contribution in [0.1, 0.15) is 20.7 Å². The van der Waals surface area contributed by atoms with E-state index in [0.29, 0.717) is 0 Å². The number of rotatable bonds is 2. The minimum atomic E-state index is -1.04. The van der Waals surface area contributed by atoms with E-state index in [1.165, 1.54) is 12.1 Å². The number of halogens is 3. The predicted octanol–water partition coefficient (Wildman–Crippen LogP) is 2.58. The molecular weight excluding hydrogens is 218 g/mol. The van der Waals surface area contributed by atoms with E-state index >= 15 is 0 Å². The smallest absolute Gasteiger partial charge is 0.256 e. The fourth-order valence-corrected chi connectivity index (χ4v) is 1.24. The molecule has 0 heterocycles. The number of benzene rings is 1. The second-order valence-electron chi connectivity index (χ2n) is 2.21. The van der Waals surface area contributed by atoms with Gasteiger partial charge in [-0.25, -0.2) is 4.39 Å². The van der Waals surface area contributed by atoms with Crippen molar-refractivity contribution in [2.45, 2.75) is 0 Å². The van der Waals surface area contributed by atoms with E-state index in [-0.39, 0.29) is 5.56 Å². The Hall–Kier alpha value is -0.930. The Bertz CT molecular complexity index is 376. The summed E-state index contributed by atoms with van der Waals surface area (Å²) in [6, 6.07) is 3.53. The fourth-order valence-electron chi connectivity index (χ4n) is 0.888. The van der Waals surface area contributed by atoms with Crippen LogP contribution in [-0.2, 0) is 0 Å². The minimum absolute atomic E-state index is 0.221. The van der Waals surface area contributed by atoms with Crippen molar-refractivity contribution in [1.82, 2.24) is 0 Å². The maximum absolute atomic E-state index is 12.9. The summed E-state index contributed by atoms with van der Waals surface area (Å²) in [4.78, 5) is 21.4. The van der Waals surface area contributed by atoms with Gasteiger partial charge in [0.05, 0.1) is 5.56 Å². The van der Waals surface area contributed by atoms with Gasteiger partial charge >= 0.3 is 0 Å². The van der Waals surface area contributed by atoms with Crippen molar-refractivity contribution < 1.29 is 14.0 Å². The van der Waals surface area contributed by atoms with Gasteiger partial charge < -0.3 is 0 Å². The van der Waals surface area contributed by atoms with E-state index in [1.54, 1.807) is 0 Å². The molecule has 0 amide bonds.